The second kappa shape index (κ2) is 3.82. The number of nitrogens with zero attached hydrogens (tertiary/aromatic N) is 3. The molecule has 1 aromatic rings. The first-order chi connectivity index (χ1) is 8.81. The Morgan fingerprint density at radius 1 is 1.22 bits per heavy atom. The van der Waals surface area contributed by atoms with Crippen LogP contribution in [0.1, 0.15) is 30.5 Å². The van der Waals surface area contributed by atoms with E-state index < -0.39 is 0 Å². The van der Waals surface area contributed by atoms with E-state index in [2.05, 4.69) is 20.2 Å². The summed E-state index contributed by atoms with van der Waals surface area (Å²) in [5.41, 5.74) is 8.44. The van der Waals surface area contributed by atoms with Crippen molar-refractivity contribution in [3.05, 3.63) is 11.3 Å². The number of nitrogens with two attached hydrogens (primary N) is 1. The highest BCUT2D eigenvalue weighted by atomic mass is 15.3. The van der Waals surface area contributed by atoms with Crippen LogP contribution < -0.4 is 16.0 Å². The van der Waals surface area contributed by atoms with E-state index in [9.17, 15) is 0 Å². The quantitative estimate of drug-likeness (QED) is 0.753. The number of hydrogen-bond acceptors (Lipinski definition) is 5. The molecule has 0 saturated carbocycles. The fourth-order valence-corrected chi connectivity index (χ4v) is 3.65. The van der Waals surface area contributed by atoms with Crippen molar-refractivity contribution in [2.45, 2.75) is 44.2 Å². The zero-order chi connectivity index (χ0) is 12.1. The van der Waals surface area contributed by atoms with Gasteiger partial charge in [0.05, 0.1) is 5.69 Å². The first-order valence-corrected chi connectivity index (χ1v) is 6.96. The molecule has 0 spiro atoms. The molecule has 2 atom stereocenters. The van der Waals surface area contributed by atoms with Crippen LogP contribution in [-0.4, -0.2) is 35.1 Å². The third kappa shape index (κ3) is 1.50. The normalized spacial score (nSPS) is 29.7. The molecule has 0 aromatic carbocycles. The van der Waals surface area contributed by atoms with Gasteiger partial charge >= 0.3 is 0 Å². The summed E-state index contributed by atoms with van der Waals surface area (Å²) in [5.74, 6) is 1.58. The molecule has 3 aliphatic rings. The van der Waals surface area contributed by atoms with Crippen molar-refractivity contribution in [1.82, 2.24) is 15.3 Å². The number of hydrogen-bond donors (Lipinski definition) is 2. The maximum atomic E-state index is 5.88. The fourth-order valence-electron chi connectivity index (χ4n) is 3.65. The molecule has 3 heterocycles. The van der Waals surface area contributed by atoms with E-state index in [1.807, 2.05) is 0 Å². The van der Waals surface area contributed by atoms with Crippen molar-refractivity contribution in [1.29, 1.82) is 0 Å². The Morgan fingerprint density at radius 2 is 2.11 bits per heavy atom. The van der Waals surface area contributed by atoms with E-state index in [1.165, 1.54) is 30.5 Å². The molecule has 2 aliphatic heterocycles. The highest BCUT2D eigenvalue weighted by Gasteiger charge is 2.39. The number of nitrogen functional groups attached to an aromatic ring is 1. The van der Waals surface area contributed by atoms with Crippen LogP contribution in [-0.2, 0) is 12.8 Å². The third-order valence-electron chi connectivity index (χ3n) is 4.51. The molecule has 1 aromatic heterocycles. The van der Waals surface area contributed by atoms with Crippen LogP contribution in [0.2, 0.25) is 0 Å². The minimum absolute atomic E-state index is 0.446. The van der Waals surface area contributed by atoms with Crippen LogP contribution in [0.25, 0.3) is 0 Å². The molecule has 18 heavy (non-hydrogen) atoms. The maximum Gasteiger partial charge on any atom is 0.222 e. The Balaban J connectivity index is 1.77. The molecule has 96 valence electrons. The second-order valence-corrected chi connectivity index (χ2v) is 5.68. The predicted octanol–water partition coefficient (Wildman–Crippen LogP) is 0.488. The average Bonchev–Trinajstić information content (AvgIpc) is 3.00. The number of aryl methyl sites for hydroxylation is 1. The Kier molecular flexibility index (Phi) is 2.24. The van der Waals surface area contributed by atoms with Crippen LogP contribution in [0, 0.1) is 0 Å². The fraction of sp³-hybridized carbons (Fsp3) is 0.692. The minimum atomic E-state index is 0.446. The molecule has 3 N–H and O–H groups in total. The van der Waals surface area contributed by atoms with Crippen LogP contribution >= 0.6 is 0 Å². The van der Waals surface area contributed by atoms with Gasteiger partial charge in [-0.2, -0.15) is 4.98 Å². The Labute approximate surface area is 107 Å². The molecule has 0 radical (unpaired) electrons. The van der Waals surface area contributed by atoms with Crippen LogP contribution in [0.3, 0.4) is 0 Å². The van der Waals surface area contributed by atoms with Gasteiger partial charge in [0.2, 0.25) is 5.95 Å². The van der Waals surface area contributed by atoms with Crippen LogP contribution in [0.5, 0.6) is 0 Å². The molecule has 4 rings (SSSR count). The number of rotatable bonds is 1. The van der Waals surface area contributed by atoms with Crippen molar-refractivity contribution >= 4 is 11.8 Å². The predicted molar refractivity (Wildman–Crippen MR) is 70.6 cm³/mol. The van der Waals surface area contributed by atoms with E-state index in [-0.39, 0.29) is 0 Å². The van der Waals surface area contributed by atoms with E-state index >= 15 is 0 Å². The van der Waals surface area contributed by atoms with Gasteiger partial charge in [0, 0.05) is 30.7 Å². The Morgan fingerprint density at radius 3 is 2.89 bits per heavy atom. The lowest BCUT2D eigenvalue weighted by molar-refractivity contribution is 0.570. The highest BCUT2D eigenvalue weighted by Crippen LogP contribution is 2.34. The summed E-state index contributed by atoms with van der Waals surface area (Å²) in [5, 5.41) is 3.53. The molecule has 1 aliphatic carbocycles. The van der Waals surface area contributed by atoms with Crippen molar-refractivity contribution in [2.24, 2.45) is 0 Å². The first-order valence-electron chi connectivity index (χ1n) is 6.96. The van der Waals surface area contributed by atoms with Gasteiger partial charge in [-0.3, -0.25) is 0 Å². The summed E-state index contributed by atoms with van der Waals surface area (Å²) in [7, 11) is 0. The standard InChI is InChI=1S/C13H19N5/c14-13-16-11-4-2-1-3-10(11)12(17-13)18-7-8-5-9(18)6-15-8/h8-9,15H,1-7H2,(H2,14,16,17). The van der Waals surface area contributed by atoms with Gasteiger partial charge in [-0.25, -0.2) is 4.98 Å². The van der Waals surface area contributed by atoms with Crippen molar-refractivity contribution in [3.63, 3.8) is 0 Å². The van der Waals surface area contributed by atoms with Crippen LogP contribution in [0.4, 0.5) is 11.8 Å². The number of nitrogens with one attached hydrogen (secondary N) is 1. The zero-order valence-corrected chi connectivity index (χ0v) is 10.5. The van der Waals surface area contributed by atoms with Gasteiger partial charge in [0.1, 0.15) is 5.82 Å². The summed E-state index contributed by atoms with van der Waals surface area (Å²) in [6, 6.07) is 1.25. The van der Waals surface area contributed by atoms with Gasteiger partial charge in [-0.15, -0.1) is 0 Å². The molecule has 5 heteroatoms. The Bertz CT molecular complexity index is 487. The number of anilines is 2. The summed E-state index contributed by atoms with van der Waals surface area (Å²) >= 11 is 0. The van der Waals surface area contributed by atoms with Crippen molar-refractivity contribution in [3.8, 4) is 0 Å². The lowest BCUT2D eigenvalue weighted by atomic mass is 9.96. The molecule has 2 bridgehead atoms. The molecule has 2 unspecified atom stereocenters. The largest absolute Gasteiger partial charge is 0.368 e. The first kappa shape index (κ1) is 10.6. The summed E-state index contributed by atoms with van der Waals surface area (Å²) < 4.78 is 0. The maximum absolute atomic E-state index is 5.88. The topological polar surface area (TPSA) is 67.1 Å². The average molecular weight is 245 g/mol. The number of piperazine rings is 1. The molecule has 2 fully saturated rings. The zero-order valence-electron chi connectivity index (χ0n) is 10.5. The molecule has 0 amide bonds. The van der Waals surface area contributed by atoms with Gasteiger partial charge in [-0.05, 0) is 32.1 Å². The van der Waals surface area contributed by atoms with E-state index in [0.29, 0.717) is 18.0 Å². The summed E-state index contributed by atoms with van der Waals surface area (Å²) in [4.78, 5) is 11.4. The molecular formula is C13H19N5. The second-order valence-electron chi connectivity index (χ2n) is 5.68. The van der Waals surface area contributed by atoms with Gasteiger partial charge < -0.3 is 16.0 Å². The third-order valence-corrected chi connectivity index (χ3v) is 4.51. The smallest absolute Gasteiger partial charge is 0.222 e. The lowest BCUT2D eigenvalue weighted by Crippen LogP contribution is -2.44. The SMILES string of the molecule is Nc1nc2c(c(N3CC4CC3CN4)n1)CCCC2. The highest BCUT2D eigenvalue weighted by molar-refractivity contribution is 5.55. The summed E-state index contributed by atoms with van der Waals surface area (Å²) in [6.07, 6.45) is 5.92. The monoisotopic (exact) mass is 245 g/mol. The lowest BCUT2D eigenvalue weighted by Gasteiger charge is -2.31. The number of fused-ring (bicyclic) bond motifs is 3. The van der Waals surface area contributed by atoms with Gasteiger partial charge in [0.15, 0.2) is 0 Å². The molecule has 2 saturated heterocycles. The van der Waals surface area contributed by atoms with E-state index in [0.717, 1.165) is 31.7 Å². The van der Waals surface area contributed by atoms with Crippen molar-refractivity contribution in [2.75, 3.05) is 23.7 Å². The Hall–Kier alpha value is -1.36. The van der Waals surface area contributed by atoms with E-state index in [4.69, 9.17) is 5.73 Å². The number of aromatic nitrogens is 2. The van der Waals surface area contributed by atoms with Crippen LogP contribution in [0.15, 0.2) is 0 Å². The van der Waals surface area contributed by atoms with Crippen molar-refractivity contribution < 1.29 is 0 Å². The molecular weight excluding hydrogens is 226 g/mol. The summed E-state index contributed by atoms with van der Waals surface area (Å²) in [6.45, 7) is 2.16. The van der Waals surface area contributed by atoms with E-state index in [1.54, 1.807) is 0 Å². The van der Waals surface area contributed by atoms with Gasteiger partial charge in [0.25, 0.3) is 0 Å². The molecule has 5 nitrogen and oxygen atoms in total. The minimum Gasteiger partial charge on any atom is -0.368 e. The van der Waals surface area contributed by atoms with Gasteiger partial charge in [-0.1, -0.05) is 0 Å².